The van der Waals surface area contributed by atoms with Crippen molar-refractivity contribution < 1.29 is 0 Å². The van der Waals surface area contributed by atoms with Gasteiger partial charge in [-0.05, 0) is 40.5 Å². The first kappa shape index (κ1) is 13.6. The number of halogens is 3. The molecular weight excluding hydrogens is 339 g/mol. The fraction of sp³-hybridized carbons (Fsp3) is 0.167. The number of benzene rings is 1. The molecule has 0 unspecified atom stereocenters. The van der Waals surface area contributed by atoms with E-state index in [-0.39, 0.29) is 5.56 Å². The predicted molar refractivity (Wildman–Crippen MR) is 76.5 cm³/mol. The highest BCUT2D eigenvalue weighted by atomic mass is 79.9. The van der Waals surface area contributed by atoms with Crippen molar-refractivity contribution in [3.05, 3.63) is 60.7 Å². The molecular formula is C12H9BrCl2N2O. The van der Waals surface area contributed by atoms with Gasteiger partial charge in [0.1, 0.15) is 10.3 Å². The van der Waals surface area contributed by atoms with E-state index in [1.165, 1.54) is 6.20 Å². The minimum absolute atomic E-state index is 0.131. The third kappa shape index (κ3) is 2.76. The third-order valence-corrected chi connectivity index (χ3v) is 3.68. The Balaban J connectivity index is 2.46. The summed E-state index contributed by atoms with van der Waals surface area (Å²) in [4.78, 5) is 16.1. The molecule has 0 saturated carbocycles. The minimum atomic E-state index is -0.131. The van der Waals surface area contributed by atoms with Crippen molar-refractivity contribution in [3.8, 4) is 0 Å². The Morgan fingerprint density at radius 3 is 2.78 bits per heavy atom. The van der Waals surface area contributed by atoms with Crippen LogP contribution < -0.4 is 5.56 Å². The minimum Gasteiger partial charge on any atom is -0.291 e. The normalized spacial score (nSPS) is 10.7. The molecule has 3 nitrogen and oxygen atoms in total. The van der Waals surface area contributed by atoms with E-state index in [0.29, 0.717) is 26.9 Å². The van der Waals surface area contributed by atoms with Crippen LogP contribution in [0.4, 0.5) is 0 Å². The number of nitrogens with zero attached hydrogens (tertiary/aromatic N) is 2. The third-order valence-electron chi connectivity index (χ3n) is 2.55. The molecule has 0 amide bonds. The molecule has 0 bridgehead atoms. The Labute approximate surface area is 123 Å². The lowest BCUT2D eigenvalue weighted by Crippen LogP contribution is -2.24. The summed E-state index contributed by atoms with van der Waals surface area (Å²) in [5.41, 5.74) is 0.694. The Morgan fingerprint density at radius 2 is 2.11 bits per heavy atom. The van der Waals surface area contributed by atoms with E-state index in [1.54, 1.807) is 29.7 Å². The molecule has 0 spiro atoms. The molecule has 1 aromatic heterocycles. The van der Waals surface area contributed by atoms with E-state index >= 15 is 0 Å². The van der Waals surface area contributed by atoms with Crippen LogP contribution in [0.3, 0.4) is 0 Å². The summed E-state index contributed by atoms with van der Waals surface area (Å²) in [7, 11) is 0. The standard InChI is InChI=1S/C12H9BrCl2N2O/c1-7-16-5-10(13)12(18)17(7)6-8-2-3-9(14)4-11(8)15/h2-5H,6H2,1H3. The molecule has 0 aliphatic heterocycles. The van der Waals surface area contributed by atoms with Gasteiger partial charge in [-0.15, -0.1) is 0 Å². The van der Waals surface area contributed by atoms with Gasteiger partial charge in [0.05, 0.1) is 6.54 Å². The molecule has 0 fully saturated rings. The summed E-state index contributed by atoms with van der Waals surface area (Å²) in [5, 5.41) is 1.11. The van der Waals surface area contributed by atoms with E-state index in [1.807, 2.05) is 0 Å². The van der Waals surface area contributed by atoms with Crippen molar-refractivity contribution >= 4 is 39.1 Å². The molecule has 1 aromatic carbocycles. The quantitative estimate of drug-likeness (QED) is 0.830. The van der Waals surface area contributed by atoms with Gasteiger partial charge in [-0.2, -0.15) is 0 Å². The topological polar surface area (TPSA) is 34.9 Å². The second-order valence-corrected chi connectivity index (χ2v) is 5.48. The Bertz CT molecular complexity index is 655. The first-order valence-corrected chi connectivity index (χ1v) is 6.70. The number of aromatic nitrogens is 2. The molecule has 6 heteroatoms. The highest BCUT2D eigenvalue weighted by Gasteiger charge is 2.08. The van der Waals surface area contributed by atoms with Gasteiger partial charge in [0.25, 0.3) is 5.56 Å². The van der Waals surface area contributed by atoms with Crippen LogP contribution in [0.2, 0.25) is 10.0 Å². The molecule has 2 rings (SSSR count). The first-order valence-electron chi connectivity index (χ1n) is 5.15. The molecule has 2 aromatic rings. The molecule has 0 radical (unpaired) electrons. The molecule has 0 saturated heterocycles. The summed E-state index contributed by atoms with van der Waals surface area (Å²) < 4.78 is 1.98. The number of hydrogen-bond acceptors (Lipinski definition) is 2. The second kappa shape index (κ2) is 5.43. The van der Waals surface area contributed by atoms with E-state index in [9.17, 15) is 4.79 Å². The van der Waals surface area contributed by atoms with E-state index in [2.05, 4.69) is 20.9 Å². The average Bonchev–Trinajstić information content (AvgIpc) is 2.32. The molecule has 0 aliphatic rings. The fourth-order valence-electron chi connectivity index (χ4n) is 1.56. The smallest absolute Gasteiger partial charge is 0.268 e. The second-order valence-electron chi connectivity index (χ2n) is 3.78. The van der Waals surface area contributed by atoms with Gasteiger partial charge in [-0.1, -0.05) is 29.3 Å². The van der Waals surface area contributed by atoms with Crippen molar-refractivity contribution in [1.82, 2.24) is 9.55 Å². The molecule has 18 heavy (non-hydrogen) atoms. The molecule has 0 atom stereocenters. The highest BCUT2D eigenvalue weighted by molar-refractivity contribution is 9.10. The van der Waals surface area contributed by atoms with Crippen LogP contribution >= 0.6 is 39.1 Å². The largest absolute Gasteiger partial charge is 0.291 e. The van der Waals surface area contributed by atoms with Crippen LogP contribution in [-0.2, 0) is 6.54 Å². The monoisotopic (exact) mass is 346 g/mol. The van der Waals surface area contributed by atoms with Gasteiger partial charge in [-0.3, -0.25) is 9.36 Å². The molecule has 1 heterocycles. The van der Waals surface area contributed by atoms with Gasteiger partial charge < -0.3 is 0 Å². The lowest BCUT2D eigenvalue weighted by atomic mass is 10.2. The summed E-state index contributed by atoms with van der Waals surface area (Å²) in [6.45, 7) is 2.14. The zero-order chi connectivity index (χ0) is 13.3. The van der Waals surface area contributed by atoms with Crippen molar-refractivity contribution in [3.63, 3.8) is 0 Å². The molecule has 0 N–H and O–H groups in total. The zero-order valence-electron chi connectivity index (χ0n) is 9.45. The summed E-state index contributed by atoms with van der Waals surface area (Å²) >= 11 is 15.1. The summed E-state index contributed by atoms with van der Waals surface area (Å²) in [6.07, 6.45) is 1.50. The molecule has 94 valence electrons. The van der Waals surface area contributed by atoms with Gasteiger partial charge in [0.15, 0.2) is 0 Å². The van der Waals surface area contributed by atoms with Crippen LogP contribution in [0.15, 0.2) is 33.7 Å². The van der Waals surface area contributed by atoms with Crippen LogP contribution in [-0.4, -0.2) is 9.55 Å². The number of aryl methyl sites for hydroxylation is 1. The SMILES string of the molecule is Cc1ncc(Br)c(=O)n1Cc1ccc(Cl)cc1Cl. The maximum atomic E-state index is 12.0. The zero-order valence-corrected chi connectivity index (χ0v) is 12.6. The highest BCUT2D eigenvalue weighted by Crippen LogP contribution is 2.21. The Kier molecular flexibility index (Phi) is 4.10. The summed E-state index contributed by atoms with van der Waals surface area (Å²) in [5.74, 6) is 0.634. The van der Waals surface area contributed by atoms with Gasteiger partial charge in [-0.25, -0.2) is 4.98 Å². The van der Waals surface area contributed by atoms with E-state index < -0.39 is 0 Å². The Hall–Kier alpha value is -0.840. The van der Waals surface area contributed by atoms with Crippen molar-refractivity contribution in [2.75, 3.05) is 0 Å². The van der Waals surface area contributed by atoms with Crippen molar-refractivity contribution in [1.29, 1.82) is 0 Å². The maximum absolute atomic E-state index is 12.0. The van der Waals surface area contributed by atoms with Gasteiger partial charge in [0.2, 0.25) is 0 Å². The van der Waals surface area contributed by atoms with Gasteiger partial charge >= 0.3 is 0 Å². The van der Waals surface area contributed by atoms with Crippen LogP contribution in [0.1, 0.15) is 11.4 Å². The van der Waals surface area contributed by atoms with Gasteiger partial charge in [0, 0.05) is 16.2 Å². The van der Waals surface area contributed by atoms with Crippen LogP contribution in [0.25, 0.3) is 0 Å². The van der Waals surface area contributed by atoms with E-state index in [0.717, 1.165) is 5.56 Å². The Morgan fingerprint density at radius 1 is 1.39 bits per heavy atom. The number of hydrogen-bond donors (Lipinski definition) is 0. The van der Waals surface area contributed by atoms with Crippen molar-refractivity contribution in [2.45, 2.75) is 13.5 Å². The first-order chi connectivity index (χ1) is 8.49. The lowest BCUT2D eigenvalue weighted by molar-refractivity contribution is 0.695. The lowest BCUT2D eigenvalue weighted by Gasteiger charge is -2.10. The van der Waals surface area contributed by atoms with Crippen molar-refractivity contribution in [2.24, 2.45) is 0 Å². The summed E-state index contributed by atoms with van der Waals surface area (Å²) in [6, 6.07) is 5.20. The predicted octanol–water partition coefficient (Wildman–Crippen LogP) is 3.67. The fourth-order valence-corrected chi connectivity index (χ4v) is 2.34. The van der Waals surface area contributed by atoms with E-state index in [4.69, 9.17) is 23.2 Å². The molecule has 0 aliphatic carbocycles. The average molecular weight is 348 g/mol. The number of rotatable bonds is 2. The van der Waals surface area contributed by atoms with Crippen LogP contribution in [0, 0.1) is 6.92 Å². The van der Waals surface area contributed by atoms with Crippen LogP contribution in [0.5, 0.6) is 0 Å². The maximum Gasteiger partial charge on any atom is 0.268 e.